The first-order valence-corrected chi connectivity index (χ1v) is 7.72. The van der Waals surface area contributed by atoms with Crippen molar-refractivity contribution in [3.8, 4) is 5.75 Å². The number of ether oxygens (including phenoxy) is 1. The van der Waals surface area contributed by atoms with Crippen LogP contribution < -0.4 is 10.1 Å². The molecule has 4 heteroatoms. The Kier molecular flexibility index (Phi) is 5.63. The predicted octanol–water partition coefficient (Wildman–Crippen LogP) is 4.37. The van der Waals surface area contributed by atoms with Gasteiger partial charge >= 0.3 is 0 Å². The summed E-state index contributed by atoms with van der Waals surface area (Å²) in [6, 6.07) is 10.2. The molecular formula is C15H16BrNOS. The summed E-state index contributed by atoms with van der Waals surface area (Å²) in [6.07, 6.45) is 1.76. The van der Waals surface area contributed by atoms with Gasteiger partial charge in [-0.25, -0.2) is 0 Å². The second kappa shape index (κ2) is 7.48. The minimum Gasteiger partial charge on any atom is -0.489 e. The van der Waals surface area contributed by atoms with Crippen molar-refractivity contribution in [2.45, 2.75) is 13.1 Å². The number of halogens is 1. The molecule has 2 aromatic rings. The second-order valence-electron chi connectivity index (χ2n) is 4.04. The van der Waals surface area contributed by atoms with Crippen LogP contribution in [0.4, 0.5) is 0 Å². The smallest absolute Gasteiger partial charge is 0.124 e. The Morgan fingerprint density at radius 1 is 1.32 bits per heavy atom. The molecule has 1 N–H and O–H groups in total. The van der Waals surface area contributed by atoms with E-state index in [1.54, 1.807) is 17.4 Å². The number of nitrogens with one attached hydrogen (secondary N) is 1. The molecule has 0 amide bonds. The van der Waals surface area contributed by atoms with Gasteiger partial charge in [0.2, 0.25) is 0 Å². The molecule has 0 aliphatic heterocycles. The first kappa shape index (κ1) is 14.3. The number of benzene rings is 1. The van der Waals surface area contributed by atoms with Crippen LogP contribution in [0.3, 0.4) is 0 Å². The van der Waals surface area contributed by atoms with Crippen LogP contribution >= 0.6 is 27.3 Å². The number of thiophene rings is 1. The van der Waals surface area contributed by atoms with E-state index in [1.165, 1.54) is 10.4 Å². The molecule has 1 aromatic carbocycles. The second-order valence-corrected chi connectivity index (χ2v) is 5.95. The van der Waals surface area contributed by atoms with Gasteiger partial charge in [0.1, 0.15) is 12.4 Å². The van der Waals surface area contributed by atoms with Crippen molar-refractivity contribution < 1.29 is 4.74 Å². The monoisotopic (exact) mass is 337 g/mol. The van der Waals surface area contributed by atoms with Crippen molar-refractivity contribution >= 4 is 27.3 Å². The van der Waals surface area contributed by atoms with E-state index in [2.05, 4.69) is 45.3 Å². The first-order valence-electron chi connectivity index (χ1n) is 6.05. The topological polar surface area (TPSA) is 21.3 Å². The third-order valence-electron chi connectivity index (χ3n) is 2.57. The molecule has 0 spiro atoms. The summed E-state index contributed by atoms with van der Waals surface area (Å²) in [5.41, 5.74) is 1.17. The molecule has 0 aliphatic carbocycles. The highest BCUT2D eigenvalue weighted by atomic mass is 79.9. The van der Waals surface area contributed by atoms with Crippen LogP contribution in [0.1, 0.15) is 10.4 Å². The molecule has 2 nitrogen and oxygen atoms in total. The van der Waals surface area contributed by atoms with Crippen molar-refractivity contribution in [2.24, 2.45) is 0 Å². The quantitative estimate of drug-likeness (QED) is 0.757. The van der Waals surface area contributed by atoms with Crippen LogP contribution in [0, 0.1) is 0 Å². The summed E-state index contributed by atoms with van der Waals surface area (Å²) in [7, 11) is 0. The van der Waals surface area contributed by atoms with Gasteiger partial charge in [-0.2, -0.15) is 0 Å². The zero-order valence-electron chi connectivity index (χ0n) is 10.6. The van der Waals surface area contributed by atoms with Gasteiger partial charge in [-0.05, 0) is 28.1 Å². The molecule has 2 rings (SSSR count). The highest BCUT2D eigenvalue weighted by molar-refractivity contribution is 9.10. The summed E-state index contributed by atoms with van der Waals surface area (Å²) in [6.45, 7) is 5.86. The maximum atomic E-state index is 5.63. The highest BCUT2D eigenvalue weighted by Crippen LogP contribution is 2.20. The van der Waals surface area contributed by atoms with Crippen LogP contribution in [0.2, 0.25) is 0 Å². The molecule has 1 heterocycles. The van der Waals surface area contributed by atoms with E-state index in [9.17, 15) is 0 Å². The van der Waals surface area contributed by atoms with Crippen LogP contribution in [0.15, 0.2) is 52.8 Å². The SMILES string of the molecule is C=CCOc1ccccc1CNCc1cc(Br)cs1. The van der Waals surface area contributed by atoms with E-state index in [-0.39, 0.29) is 0 Å². The maximum absolute atomic E-state index is 5.63. The molecule has 0 saturated heterocycles. The van der Waals surface area contributed by atoms with Gasteiger partial charge in [0.25, 0.3) is 0 Å². The molecule has 19 heavy (non-hydrogen) atoms. The van der Waals surface area contributed by atoms with Crippen molar-refractivity contribution in [1.29, 1.82) is 0 Å². The first-order chi connectivity index (χ1) is 9.29. The number of hydrogen-bond donors (Lipinski definition) is 1. The lowest BCUT2D eigenvalue weighted by Gasteiger charge is -2.10. The third kappa shape index (κ3) is 4.49. The summed E-state index contributed by atoms with van der Waals surface area (Å²) in [5.74, 6) is 0.919. The number of rotatable bonds is 7. The molecule has 1 aromatic heterocycles. The predicted molar refractivity (Wildman–Crippen MR) is 84.7 cm³/mol. The van der Waals surface area contributed by atoms with Crippen LogP contribution in [-0.4, -0.2) is 6.61 Å². The van der Waals surface area contributed by atoms with E-state index < -0.39 is 0 Å². The van der Waals surface area contributed by atoms with Gasteiger partial charge in [-0.3, -0.25) is 0 Å². The van der Waals surface area contributed by atoms with Gasteiger partial charge in [-0.15, -0.1) is 11.3 Å². The van der Waals surface area contributed by atoms with Crippen LogP contribution in [0.5, 0.6) is 5.75 Å². The fourth-order valence-electron chi connectivity index (χ4n) is 1.71. The minimum atomic E-state index is 0.537. The Morgan fingerprint density at radius 2 is 2.16 bits per heavy atom. The van der Waals surface area contributed by atoms with Gasteiger partial charge < -0.3 is 10.1 Å². The van der Waals surface area contributed by atoms with Crippen molar-refractivity contribution in [3.05, 3.63) is 63.3 Å². The molecule has 0 atom stereocenters. The zero-order valence-corrected chi connectivity index (χ0v) is 13.0. The van der Waals surface area contributed by atoms with Crippen molar-refractivity contribution in [2.75, 3.05) is 6.61 Å². The van der Waals surface area contributed by atoms with Gasteiger partial charge in [0.15, 0.2) is 0 Å². The van der Waals surface area contributed by atoms with Gasteiger partial charge in [-0.1, -0.05) is 30.9 Å². The van der Waals surface area contributed by atoms with Gasteiger partial charge in [0, 0.05) is 33.4 Å². The van der Waals surface area contributed by atoms with Crippen LogP contribution in [0.25, 0.3) is 0 Å². The van der Waals surface area contributed by atoms with Crippen molar-refractivity contribution in [1.82, 2.24) is 5.32 Å². The van der Waals surface area contributed by atoms with Gasteiger partial charge in [0.05, 0.1) is 0 Å². The molecule has 0 aliphatic rings. The zero-order chi connectivity index (χ0) is 13.5. The average molecular weight is 338 g/mol. The molecule has 0 fully saturated rings. The Labute approximate surface area is 126 Å². The largest absolute Gasteiger partial charge is 0.489 e. The molecule has 0 unspecified atom stereocenters. The molecular weight excluding hydrogens is 322 g/mol. The molecule has 0 bridgehead atoms. The van der Waals surface area contributed by atoms with E-state index in [4.69, 9.17) is 4.74 Å². The minimum absolute atomic E-state index is 0.537. The highest BCUT2D eigenvalue weighted by Gasteiger charge is 2.02. The van der Waals surface area contributed by atoms with Crippen molar-refractivity contribution in [3.63, 3.8) is 0 Å². The van der Waals surface area contributed by atoms with E-state index in [0.29, 0.717) is 6.61 Å². The fraction of sp³-hybridized carbons (Fsp3) is 0.200. The lowest BCUT2D eigenvalue weighted by Crippen LogP contribution is -2.12. The number of para-hydroxylation sites is 1. The summed E-state index contributed by atoms with van der Waals surface area (Å²) < 4.78 is 6.77. The normalized spacial score (nSPS) is 10.4. The lowest BCUT2D eigenvalue weighted by atomic mass is 10.2. The standard InChI is InChI=1S/C15H16BrNOS/c1-2-7-18-15-6-4-3-5-12(15)9-17-10-14-8-13(16)11-19-14/h2-6,8,11,17H,1,7,9-10H2. The number of hydrogen-bond acceptors (Lipinski definition) is 3. The molecule has 100 valence electrons. The maximum Gasteiger partial charge on any atom is 0.124 e. The molecule has 0 radical (unpaired) electrons. The molecule has 0 saturated carbocycles. The van der Waals surface area contributed by atoms with E-state index >= 15 is 0 Å². The fourth-order valence-corrected chi connectivity index (χ4v) is 3.13. The summed E-state index contributed by atoms with van der Waals surface area (Å²) >= 11 is 5.21. The lowest BCUT2D eigenvalue weighted by molar-refractivity contribution is 0.358. The Morgan fingerprint density at radius 3 is 2.89 bits per heavy atom. The Bertz CT molecular complexity index is 538. The van der Waals surface area contributed by atoms with E-state index in [0.717, 1.165) is 23.3 Å². The summed E-state index contributed by atoms with van der Waals surface area (Å²) in [5, 5.41) is 5.53. The third-order valence-corrected chi connectivity index (χ3v) is 4.26. The Hall–Kier alpha value is -1.10. The average Bonchev–Trinajstić information content (AvgIpc) is 2.83. The van der Waals surface area contributed by atoms with E-state index in [1.807, 2.05) is 18.2 Å². The van der Waals surface area contributed by atoms with Crippen LogP contribution in [-0.2, 0) is 13.1 Å². The Balaban J connectivity index is 1.89. The summed E-state index contributed by atoms with van der Waals surface area (Å²) in [4.78, 5) is 1.32.